The van der Waals surface area contributed by atoms with Crippen molar-refractivity contribution in [1.29, 1.82) is 0 Å². The largest absolute Gasteiger partial charge is 0.497 e. The van der Waals surface area contributed by atoms with Gasteiger partial charge in [0.05, 0.1) is 7.11 Å². The summed E-state index contributed by atoms with van der Waals surface area (Å²) in [5.41, 5.74) is 0.877. The van der Waals surface area contributed by atoms with Gasteiger partial charge < -0.3 is 14.2 Å². The van der Waals surface area contributed by atoms with Crippen LogP contribution < -0.4 is 4.74 Å². The number of aromatic nitrogens is 2. The zero-order chi connectivity index (χ0) is 17.2. The molecule has 4 rings (SSSR count). The van der Waals surface area contributed by atoms with Gasteiger partial charge in [0.2, 0.25) is 17.6 Å². The number of amides is 1. The van der Waals surface area contributed by atoms with Gasteiger partial charge in [-0.2, -0.15) is 4.98 Å². The summed E-state index contributed by atoms with van der Waals surface area (Å²) in [7, 11) is 1.64. The van der Waals surface area contributed by atoms with Crippen LogP contribution in [0.1, 0.15) is 50.5 Å². The molecular weight excluding hydrogens is 318 g/mol. The van der Waals surface area contributed by atoms with Gasteiger partial charge in [0.1, 0.15) is 11.8 Å². The number of nitrogens with zero attached hydrogens (tertiary/aromatic N) is 3. The Kier molecular flexibility index (Phi) is 4.42. The van der Waals surface area contributed by atoms with E-state index in [4.69, 9.17) is 9.26 Å². The number of carbonyl (C=O) groups excluding carboxylic acids is 1. The molecule has 0 spiro atoms. The maximum absolute atomic E-state index is 12.8. The lowest BCUT2D eigenvalue weighted by Gasteiger charge is -2.24. The minimum Gasteiger partial charge on any atom is -0.497 e. The summed E-state index contributed by atoms with van der Waals surface area (Å²) in [6.07, 6.45) is 6.24. The molecule has 1 amide bonds. The quantitative estimate of drug-likeness (QED) is 0.850. The SMILES string of the molecule is COc1ccc(-c2noc([C@H]3CCCN3C(=O)C3CCCC3)n2)cc1. The first-order valence-corrected chi connectivity index (χ1v) is 9.05. The summed E-state index contributed by atoms with van der Waals surface area (Å²) in [5.74, 6) is 2.35. The molecule has 0 bridgehead atoms. The van der Waals surface area contributed by atoms with Gasteiger partial charge in [0.25, 0.3) is 0 Å². The molecule has 0 radical (unpaired) electrons. The number of likely N-dealkylation sites (tertiary alicyclic amines) is 1. The van der Waals surface area contributed by atoms with Gasteiger partial charge in [0, 0.05) is 18.0 Å². The van der Waals surface area contributed by atoms with Gasteiger partial charge in [-0.25, -0.2) is 0 Å². The van der Waals surface area contributed by atoms with Crippen molar-refractivity contribution in [3.05, 3.63) is 30.2 Å². The summed E-state index contributed by atoms with van der Waals surface area (Å²) in [5, 5.41) is 4.11. The van der Waals surface area contributed by atoms with Gasteiger partial charge in [-0.1, -0.05) is 18.0 Å². The molecule has 6 heteroatoms. The second-order valence-corrected chi connectivity index (χ2v) is 6.86. The van der Waals surface area contributed by atoms with E-state index in [-0.39, 0.29) is 17.9 Å². The van der Waals surface area contributed by atoms with Gasteiger partial charge in [0.15, 0.2) is 0 Å². The molecule has 2 heterocycles. The normalized spacial score (nSPS) is 21.0. The number of benzene rings is 1. The van der Waals surface area contributed by atoms with Crippen molar-refractivity contribution in [3.8, 4) is 17.1 Å². The molecule has 0 N–H and O–H groups in total. The Bertz CT molecular complexity index is 735. The van der Waals surface area contributed by atoms with E-state index in [9.17, 15) is 4.79 Å². The van der Waals surface area contributed by atoms with Crippen molar-refractivity contribution in [2.75, 3.05) is 13.7 Å². The number of carbonyl (C=O) groups is 1. The smallest absolute Gasteiger partial charge is 0.249 e. The summed E-state index contributed by atoms with van der Waals surface area (Å²) in [4.78, 5) is 19.3. The van der Waals surface area contributed by atoms with E-state index in [2.05, 4.69) is 10.1 Å². The van der Waals surface area contributed by atoms with Crippen LogP contribution in [0.5, 0.6) is 5.75 Å². The number of methoxy groups -OCH3 is 1. The number of ether oxygens (including phenoxy) is 1. The van der Waals surface area contributed by atoms with E-state index in [1.165, 1.54) is 0 Å². The molecule has 25 heavy (non-hydrogen) atoms. The first kappa shape index (κ1) is 16.1. The standard InChI is InChI=1S/C19H23N3O3/c1-24-15-10-8-13(9-11-15)17-20-18(25-21-17)16-7-4-12-22(16)19(23)14-5-2-3-6-14/h8-11,14,16H,2-7,12H2,1H3/t16-/m1/s1. The maximum Gasteiger partial charge on any atom is 0.249 e. The van der Waals surface area contributed by atoms with Crippen LogP contribution >= 0.6 is 0 Å². The highest BCUT2D eigenvalue weighted by Crippen LogP contribution is 2.36. The second kappa shape index (κ2) is 6.86. The molecular formula is C19H23N3O3. The molecule has 2 aliphatic rings. The minimum absolute atomic E-state index is 0.0763. The monoisotopic (exact) mass is 341 g/mol. The van der Waals surface area contributed by atoms with Crippen LogP contribution in [0.3, 0.4) is 0 Å². The first-order valence-electron chi connectivity index (χ1n) is 9.05. The molecule has 6 nitrogen and oxygen atoms in total. The predicted octanol–water partition coefficient (Wildman–Crippen LogP) is 3.60. The third kappa shape index (κ3) is 3.13. The topological polar surface area (TPSA) is 68.5 Å². The zero-order valence-corrected chi connectivity index (χ0v) is 14.5. The maximum atomic E-state index is 12.8. The van der Waals surface area contributed by atoms with Crippen LogP contribution in [0.15, 0.2) is 28.8 Å². The van der Waals surface area contributed by atoms with Crippen LogP contribution in [-0.2, 0) is 4.79 Å². The average Bonchev–Trinajstić information content (AvgIpc) is 3.42. The lowest BCUT2D eigenvalue weighted by atomic mass is 10.1. The Morgan fingerprint density at radius 3 is 2.64 bits per heavy atom. The van der Waals surface area contributed by atoms with E-state index < -0.39 is 0 Å². The van der Waals surface area contributed by atoms with Gasteiger partial charge >= 0.3 is 0 Å². The fraction of sp³-hybridized carbons (Fsp3) is 0.526. The Morgan fingerprint density at radius 2 is 1.92 bits per heavy atom. The Morgan fingerprint density at radius 1 is 1.16 bits per heavy atom. The molecule has 1 atom stereocenters. The molecule has 1 aliphatic heterocycles. The van der Waals surface area contributed by atoms with Gasteiger partial charge in [-0.05, 0) is 49.9 Å². The summed E-state index contributed by atoms with van der Waals surface area (Å²) < 4.78 is 10.7. The summed E-state index contributed by atoms with van der Waals surface area (Å²) in [6, 6.07) is 7.48. The predicted molar refractivity (Wildman–Crippen MR) is 91.9 cm³/mol. The Balaban J connectivity index is 1.52. The van der Waals surface area contributed by atoms with Crippen LogP contribution in [0, 0.1) is 5.92 Å². The summed E-state index contributed by atoms with van der Waals surface area (Å²) >= 11 is 0. The van der Waals surface area contributed by atoms with E-state index in [0.29, 0.717) is 11.7 Å². The van der Waals surface area contributed by atoms with E-state index in [1.54, 1.807) is 7.11 Å². The zero-order valence-electron chi connectivity index (χ0n) is 14.5. The van der Waals surface area contributed by atoms with Crippen molar-refractivity contribution >= 4 is 5.91 Å². The fourth-order valence-corrected chi connectivity index (χ4v) is 3.92. The van der Waals surface area contributed by atoms with Crippen molar-refractivity contribution < 1.29 is 14.1 Å². The molecule has 2 aromatic rings. The molecule has 0 unspecified atom stereocenters. The van der Waals surface area contributed by atoms with E-state index in [0.717, 1.165) is 56.4 Å². The van der Waals surface area contributed by atoms with Crippen LogP contribution in [0.25, 0.3) is 11.4 Å². The molecule has 1 aromatic carbocycles. The minimum atomic E-state index is -0.0763. The average molecular weight is 341 g/mol. The molecule has 2 fully saturated rings. The van der Waals surface area contributed by atoms with Gasteiger partial charge in [-0.15, -0.1) is 0 Å². The highest BCUT2D eigenvalue weighted by Gasteiger charge is 2.37. The van der Waals surface area contributed by atoms with Gasteiger partial charge in [-0.3, -0.25) is 4.79 Å². The van der Waals surface area contributed by atoms with Crippen molar-refractivity contribution in [2.24, 2.45) is 5.92 Å². The van der Waals surface area contributed by atoms with E-state index in [1.807, 2.05) is 29.2 Å². The number of rotatable bonds is 4. The molecule has 1 saturated carbocycles. The first-order chi connectivity index (χ1) is 12.3. The number of hydrogen-bond donors (Lipinski definition) is 0. The Hall–Kier alpha value is -2.37. The lowest BCUT2D eigenvalue weighted by Crippen LogP contribution is -2.35. The molecule has 132 valence electrons. The highest BCUT2D eigenvalue weighted by molar-refractivity contribution is 5.79. The third-order valence-corrected chi connectivity index (χ3v) is 5.32. The second-order valence-electron chi connectivity index (χ2n) is 6.86. The van der Waals surface area contributed by atoms with Crippen LogP contribution in [-0.4, -0.2) is 34.6 Å². The number of hydrogen-bond acceptors (Lipinski definition) is 5. The Labute approximate surface area is 147 Å². The van der Waals surface area contributed by atoms with Crippen LogP contribution in [0.2, 0.25) is 0 Å². The van der Waals surface area contributed by atoms with Crippen molar-refractivity contribution in [3.63, 3.8) is 0 Å². The molecule has 1 saturated heterocycles. The molecule has 1 aromatic heterocycles. The van der Waals surface area contributed by atoms with Crippen LogP contribution in [0.4, 0.5) is 0 Å². The molecule has 1 aliphatic carbocycles. The van der Waals surface area contributed by atoms with E-state index >= 15 is 0 Å². The lowest BCUT2D eigenvalue weighted by molar-refractivity contribution is -0.136. The third-order valence-electron chi connectivity index (χ3n) is 5.32. The fourth-order valence-electron chi connectivity index (χ4n) is 3.92. The summed E-state index contributed by atoms with van der Waals surface area (Å²) in [6.45, 7) is 0.792. The van der Waals surface area contributed by atoms with Crippen molar-refractivity contribution in [1.82, 2.24) is 15.0 Å². The highest BCUT2D eigenvalue weighted by atomic mass is 16.5. The van der Waals surface area contributed by atoms with Crippen molar-refractivity contribution in [2.45, 2.75) is 44.6 Å².